The van der Waals surface area contributed by atoms with E-state index in [1.165, 1.54) is 12.1 Å². The summed E-state index contributed by atoms with van der Waals surface area (Å²) in [6.45, 7) is 0. The van der Waals surface area contributed by atoms with Crippen LogP contribution in [0.1, 0.15) is 21.5 Å². The normalized spacial score (nSPS) is 19.5. The van der Waals surface area contributed by atoms with Crippen LogP contribution >= 0.6 is 0 Å². The van der Waals surface area contributed by atoms with Gasteiger partial charge in [0.25, 0.3) is 11.6 Å². The van der Waals surface area contributed by atoms with Crippen molar-refractivity contribution in [2.24, 2.45) is 5.73 Å². The fraction of sp³-hybridized carbons (Fsp3) is 0.125. The van der Waals surface area contributed by atoms with Gasteiger partial charge >= 0.3 is 12.1 Å². The predicted octanol–water partition coefficient (Wildman–Crippen LogP) is 2.63. The molecule has 1 unspecified atom stereocenters. The van der Waals surface area contributed by atoms with Gasteiger partial charge in [-0.25, -0.2) is 4.79 Å². The molecule has 0 saturated carbocycles. The lowest BCUT2D eigenvalue weighted by atomic mass is 9.98. The van der Waals surface area contributed by atoms with E-state index in [4.69, 9.17) is 10.5 Å². The number of carbonyl (C=O) groups excluding carboxylic acids is 2. The van der Waals surface area contributed by atoms with Crippen molar-refractivity contribution in [1.82, 2.24) is 0 Å². The van der Waals surface area contributed by atoms with E-state index in [1.807, 2.05) is 0 Å². The Balaban J connectivity index is 2.00. The number of amides is 1. The second-order valence-electron chi connectivity index (χ2n) is 5.18. The SMILES string of the molecule is NC(=O)C1(Nc2ccc(C(F)(F)F)cc2)OC(=O)c2ccccc21. The minimum absolute atomic E-state index is 0.145. The van der Waals surface area contributed by atoms with Gasteiger partial charge in [-0.2, -0.15) is 13.2 Å². The molecule has 0 bridgehead atoms. The summed E-state index contributed by atoms with van der Waals surface area (Å²) in [5.74, 6) is -1.73. The van der Waals surface area contributed by atoms with E-state index in [9.17, 15) is 22.8 Å². The van der Waals surface area contributed by atoms with Crippen molar-refractivity contribution in [3.8, 4) is 0 Å². The first kappa shape index (κ1) is 15.9. The highest BCUT2D eigenvalue weighted by Crippen LogP contribution is 2.38. The van der Waals surface area contributed by atoms with Gasteiger partial charge in [0.1, 0.15) is 0 Å². The fourth-order valence-corrected chi connectivity index (χ4v) is 2.50. The number of carbonyl (C=O) groups is 2. The van der Waals surface area contributed by atoms with Crippen molar-refractivity contribution in [3.63, 3.8) is 0 Å². The summed E-state index contributed by atoms with van der Waals surface area (Å²) >= 11 is 0. The number of nitrogens with two attached hydrogens (primary N) is 1. The summed E-state index contributed by atoms with van der Waals surface area (Å²) in [7, 11) is 0. The molecule has 0 aliphatic carbocycles. The molecule has 2 aromatic carbocycles. The van der Waals surface area contributed by atoms with E-state index in [2.05, 4.69) is 5.32 Å². The quantitative estimate of drug-likeness (QED) is 0.844. The molecule has 2 aromatic rings. The van der Waals surface area contributed by atoms with Gasteiger partial charge in [-0.15, -0.1) is 0 Å². The molecule has 0 fully saturated rings. The molecule has 3 rings (SSSR count). The van der Waals surface area contributed by atoms with Gasteiger partial charge in [0.05, 0.1) is 11.1 Å². The molecule has 1 aliphatic heterocycles. The fourth-order valence-electron chi connectivity index (χ4n) is 2.50. The molecule has 3 N–H and O–H groups in total. The number of cyclic esters (lactones) is 1. The highest BCUT2D eigenvalue weighted by molar-refractivity contribution is 6.02. The molecule has 0 saturated heterocycles. The summed E-state index contributed by atoms with van der Waals surface area (Å²) in [6, 6.07) is 10.1. The molecule has 0 aromatic heterocycles. The molecular weight excluding hydrogens is 325 g/mol. The second kappa shape index (κ2) is 5.26. The summed E-state index contributed by atoms with van der Waals surface area (Å²) in [5, 5.41) is 2.63. The Morgan fingerprint density at radius 2 is 1.71 bits per heavy atom. The molecule has 1 aliphatic rings. The first-order valence-corrected chi connectivity index (χ1v) is 6.82. The minimum Gasteiger partial charge on any atom is -0.421 e. The Bertz CT molecular complexity index is 818. The number of alkyl halides is 3. The van der Waals surface area contributed by atoms with Crippen LogP contribution in [0.15, 0.2) is 48.5 Å². The number of halogens is 3. The van der Waals surface area contributed by atoms with Crippen LogP contribution in [-0.4, -0.2) is 11.9 Å². The summed E-state index contributed by atoms with van der Waals surface area (Å²) in [5.41, 5.74) is 3.11. The van der Waals surface area contributed by atoms with E-state index in [-0.39, 0.29) is 16.8 Å². The van der Waals surface area contributed by atoms with E-state index < -0.39 is 29.3 Å². The number of primary amides is 1. The van der Waals surface area contributed by atoms with Crippen molar-refractivity contribution in [2.75, 3.05) is 5.32 Å². The third kappa shape index (κ3) is 2.45. The lowest BCUT2D eigenvalue weighted by Crippen LogP contribution is -2.48. The molecule has 124 valence electrons. The Hall–Kier alpha value is -3.03. The van der Waals surface area contributed by atoms with E-state index in [0.717, 1.165) is 24.3 Å². The summed E-state index contributed by atoms with van der Waals surface area (Å²) in [6.07, 6.45) is -4.48. The maximum atomic E-state index is 12.6. The van der Waals surface area contributed by atoms with Crippen molar-refractivity contribution in [1.29, 1.82) is 0 Å². The monoisotopic (exact) mass is 336 g/mol. The van der Waals surface area contributed by atoms with E-state index in [1.54, 1.807) is 12.1 Å². The number of ether oxygens (including phenoxy) is 1. The minimum atomic E-state index is -4.48. The van der Waals surface area contributed by atoms with Crippen molar-refractivity contribution in [3.05, 3.63) is 65.2 Å². The van der Waals surface area contributed by atoms with Crippen LogP contribution < -0.4 is 11.1 Å². The highest BCUT2D eigenvalue weighted by Gasteiger charge is 2.50. The van der Waals surface area contributed by atoms with Gasteiger partial charge < -0.3 is 15.8 Å². The Labute approximate surface area is 134 Å². The van der Waals surface area contributed by atoms with E-state index >= 15 is 0 Å². The van der Waals surface area contributed by atoms with Crippen molar-refractivity contribution >= 4 is 17.6 Å². The zero-order valence-electron chi connectivity index (χ0n) is 12.1. The van der Waals surface area contributed by atoms with Crippen LogP contribution in [0.3, 0.4) is 0 Å². The molecule has 5 nitrogen and oxygen atoms in total. The van der Waals surface area contributed by atoms with Gasteiger partial charge in [0, 0.05) is 11.3 Å². The largest absolute Gasteiger partial charge is 0.421 e. The molecule has 0 radical (unpaired) electrons. The van der Waals surface area contributed by atoms with Crippen LogP contribution in [0.4, 0.5) is 18.9 Å². The zero-order valence-corrected chi connectivity index (χ0v) is 12.1. The number of benzene rings is 2. The number of hydrogen-bond acceptors (Lipinski definition) is 4. The van der Waals surface area contributed by atoms with Crippen molar-refractivity contribution in [2.45, 2.75) is 11.9 Å². The van der Waals surface area contributed by atoms with Crippen molar-refractivity contribution < 1.29 is 27.5 Å². The lowest BCUT2D eigenvalue weighted by Gasteiger charge is -2.27. The van der Waals surface area contributed by atoms with Gasteiger partial charge in [-0.3, -0.25) is 4.79 Å². The van der Waals surface area contributed by atoms with Gasteiger partial charge in [-0.05, 0) is 30.3 Å². The molecule has 1 heterocycles. The number of nitrogens with one attached hydrogen (secondary N) is 1. The first-order chi connectivity index (χ1) is 11.2. The maximum absolute atomic E-state index is 12.6. The van der Waals surface area contributed by atoms with E-state index in [0.29, 0.717) is 0 Å². The average Bonchev–Trinajstić information content (AvgIpc) is 2.81. The first-order valence-electron chi connectivity index (χ1n) is 6.82. The molecule has 1 amide bonds. The Kier molecular flexibility index (Phi) is 3.47. The van der Waals surface area contributed by atoms with Gasteiger partial charge in [0.15, 0.2) is 0 Å². The standard InChI is InChI=1S/C16H11F3N2O3/c17-16(18,19)9-5-7-10(8-6-9)21-15(14(20)23)12-4-2-1-3-11(12)13(22)24-15/h1-8,21H,(H2,20,23). The zero-order chi connectivity index (χ0) is 17.5. The average molecular weight is 336 g/mol. The van der Waals surface area contributed by atoms with Crippen LogP contribution in [-0.2, 0) is 21.4 Å². The maximum Gasteiger partial charge on any atom is 0.416 e. The van der Waals surface area contributed by atoms with Gasteiger partial charge in [0.2, 0.25) is 0 Å². The molecule has 0 spiro atoms. The number of anilines is 1. The van der Waals surface area contributed by atoms with Crippen LogP contribution in [0.2, 0.25) is 0 Å². The number of fused-ring (bicyclic) bond motifs is 1. The number of esters is 1. The lowest BCUT2D eigenvalue weighted by molar-refractivity contribution is -0.137. The van der Waals surface area contributed by atoms with Crippen LogP contribution in [0.5, 0.6) is 0 Å². The summed E-state index contributed by atoms with van der Waals surface area (Å²) < 4.78 is 43.0. The number of hydrogen-bond donors (Lipinski definition) is 2. The molecular formula is C16H11F3N2O3. The molecule has 8 heteroatoms. The van der Waals surface area contributed by atoms with Crippen LogP contribution in [0.25, 0.3) is 0 Å². The predicted molar refractivity (Wildman–Crippen MR) is 77.8 cm³/mol. The molecule has 24 heavy (non-hydrogen) atoms. The Morgan fingerprint density at radius 1 is 1.08 bits per heavy atom. The highest BCUT2D eigenvalue weighted by atomic mass is 19.4. The topological polar surface area (TPSA) is 81.4 Å². The van der Waals surface area contributed by atoms with Crippen LogP contribution in [0, 0.1) is 0 Å². The molecule has 1 atom stereocenters. The number of rotatable bonds is 3. The summed E-state index contributed by atoms with van der Waals surface area (Å²) in [4.78, 5) is 23.9. The van der Waals surface area contributed by atoms with Gasteiger partial charge in [-0.1, -0.05) is 18.2 Å². The Morgan fingerprint density at radius 3 is 2.29 bits per heavy atom. The second-order valence-corrected chi connectivity index (χ2v) is 5.18. The third-order valence-corrected chi connectivity index (χ3v) is 3.65. The third-order valence-electron chi connectivity index (χ3n) is 3.65. The smallest absolute Gasteiger partial charge is 0.416 e.